The predicted octanol–water partition coefficient (Wildman–Crippen LogP) is 4.35. The molecule has 1 heterocycles. The van der Waals surface area contributed by atoms with Crippen molar-refractivity contribution in [1.29, 1.82) is 0 Å². The van der Waals surface area contributed by atoms with Crippen molar-refractivity contribution < 1.29 is 4.52 Å². The molecule has 0 saturated heterocycles. The standard InChI is InChI=1S/C15H19Cl2N3O/c1-15(2,5-6-18)4-3-13-19-14(20-21-13)10-7-11(16)9-12(17)8-10/h7-9H,3-6,18H2,1-2H3. The van der Waals surface area contributed by atoms with Crippen LogP contribution in [0.15, 0.2) is 22.7 Å². The highest BCUT2D eigenvalue weighted by Gasteiger charge is 2.19. The minimum atomic E-state index is 0.169. The van der Waals surface area contributed by atoms with E-state index in [0.717, 1.165) is 24.8 Å². The maximum Gasteiger partial charge on any atom is 0.226 e. The van der Waals surface area contributed by atoms with E-state index in [1.54, 1.807) is 18.2 Å². The van der Waals surface area contributed by atoms with Crippen LogP contribution in [-0.4, -0.2) is 16.7 Å². The quantitative estimate of drug-likeness (QED) is 0.856. The van der Waals surface area contributed by atoms with Crippen molar-refractivity contribution in [2.75, 3.05) is 6.54 Å². The molecule has 21 heavy (non-hydrogen) atoms. The largest absolute Gasteiger partial charge is 0.339 e. The average Bonchev–Trinajstić information content (AvgIpc) is 2.84. The number of nitrogens with two attached hydrogens (primary N) is 1. The number of benzene rings is 1. The third-order valence-electron chi connectivity index (χ3n) is 3.43. The average molecular weight is 328 g/mol. The molecule has 0 fully saturated rings. The first-order valence-corrected chi connectivity index (χ1v) is 7.64. The molecular weight excluding hydrogens is 309 g/mol. The van der Waals surface area contributed by atoms with Gasteiger partial charge in [0.2, 0.25) is 11.7 Å². The summed E-state index contributed by atoms with van der Waals surface area (Å²) in [6.45, 7) is 5.06. The first kappa shape index (κ1) is 16.3. The van der Waals surface area contributed by atoms with Gasteiger partial charge in [-0.2, -0.15) is 4.98 Å². The van der Waals surface area contributed by atoms with Crippen LogP contribution < -0.4 is 5.73 Å². The molecule has 0 unspecified atom stereocenters. The molecule has 1 aromatic carbocycles. The zero-order valence-corrected chi connectivity index (χ0v) is 13.7. The van der Waals surface area contributed by atoms with E-state index in [1.165, 1.54) is 0 Å². The number of rotatable bonds is 6. The fourth-order valence-corrected chi connectivity index (χ4v) is 2.64. The summed E-state index contributed by atoms with van der Waals surface area (Å²) in [5.41, 5.74) is 6.54. The van der Waals surface area contributed by atoms with E-state index >= 15 is 0 Å². The molecule has 0 aliphatic heterocycles. The summed E-state index contributed by atoms with van der Waals surface area (Å²) in [5.74, 6) is 1.12. The van der Waals surface area contributed by atoms with Crippen LogP contribution in [0.2, 0.25) is 10.0 Å². The zero-order chi connectivity index (χ0) is 15.5. The Kier molecular flexibility index (Phi) is 5.25. The second-order valence-electron chi connectivity index (χ2n) is 5.87. The van der Waals surface area contributed by atoms with Gasteiger partial charge in [-0.15, -0.1) is 0 Å². The van der Waals surface area contributed by atoms with Crippen molar-refractivity contribution >= 4 is 23.2 Å². The SMILES string of the molecule is CC(C)(CCN)CCc1nc(-c2cc(Cl)cc(Cl)c2)no1. The second kappa shape index (κ2) is 6.77. The lowest BCUT2D eigenvalue weighted by Crippen LogP contribution is -2.17. The van der Waals surface area contributed by atoms with Gasteiger partial charge in [0.15, 0.2) is 0 Å². The van der Waals surface area contributed by atoms with Crippen LogP contribution in [0.4, 0.5) is 0 Å². The Hall–Kier alpha value is -1.10. The minimum absolute atomic E-state index is 0.169. The van der Waals surface area contributed by atoms with Gasteiger partial charge < -0.3 is 10.3 Å². The van der Waals surface area contributed by atoms with Gasteiger partial charge in [0.05, 0.1) is 0 Å². The molecule has 0 aliphatic rings. The molecule has 0 bridgehead atoms. The molecule has 4 nitrogen and oxygen atoms in total. The molecule has 0 radical (unpaired) electrons. The summed E-state index contributed by atoms with van der Waals surface area (Å²) < 4.78 is 5.29. The Balaban J connectivity index is 2.08. The lowest BCUT2D eigenvalue weighted by molar-refractivity contribution is 0.289. The molecule has 2 rings (SSSR count). The molecule has 0 amide bonds. The second-order valence-corrected chi connectivity index (χ2v) is 6.75. The molecule has 6 heteroatoms. The van der Waals surface area contributed by atoms with Crippen LogP contribution in [0.1, 0.15) is 32.6 Å². The van der Waals surface area contributed by atoms with Crippen LogP contribution >= 0.6 is 23.2 Å². The van der Waals surface area contributed by atoms with Crippen molar-refractivity contribution in [3.63, 3.8) is 0 Å². The number of nitrogens with zero attached hydrogens (tertiary/aromatic N) is 2. The number of aryl methyl sites for hydroxylation is 1. The lowest BCUT2D eigenvalue weighted by atomic mass is 9.84. The summed E-state index contributed by atoms with van der Waals surface area (Å²) in [6, 6.07) is 5.20. The third-order valence-corrected chi connectivity index (χ3v) is 3.86. The molecular formula is C15H19Cl2N3O. The van der Waals surface area contributed by atoms with Gasteiger partial charge >= 0.3 is 0 Å². The van der Waals surface area contributed by atoms with Crippen LogP contribution in [0.25, 0.3) is 11.4 Å². The van der Waals surface area contributed by atoms with E-state index in [1.807, 2.05) is 0 Å². The zero-order valence-electron chi connectivity index (χ0n) is 12.2. The topological polar surface area (TPSA) is 64.9 Å². The summed E-state index contributed by atoms with van der Waals surface area (Å²) in [4.78, 5) is 4.40. The number of hydrogen-bond acceptors (Lipinski definition) is 4. The molecule has 2 N–H and O–H groups in total. The number of halogens is 2. The highest BCUT2D eigenvalue weighted by atomic mass is 35.5. The van der Waals surface area contributed by atoms with Crippen molar-refractivity contribution in [2.24, 2.45) is 11.1 Å². The smallest absolute Gasteiger partial charge is 0.226 e. The molecule has 0 saturated carbocycles. The Morgan fingerprint density at radius 2 is 1.81 bits per heavy atom. The highest BCUT2D eigenvalue weighted by Crippen LogP contribution is 2.28. The van der Waals surface area contributed by atoms with Crippen LogP contribution in [0.5, 0.6) is 0 Å². The van der Waals surface area contributed by atoms with Gasteiger partial charge in [-0.25, -0.2) is 0 Å². The van der Waals surface area contributed by atoms with E-state index in [9.17, 15) is 0 Å². The molecule has 0 aliphatic carbocycles. The lowest BCUT2D eigenvalue weighted by Gasteiger charge is -2.22. The Morgan fingerprint density at radius 3 is 2.43 bits per heavy atom. The number of aromatic nitrogens is 2. The molecule has 1 aromatic heterocycles. The summed E-state index contributed by atoms with van der Waals surface area (Å²) in [6.07, 6.45) is 2.65. The van der Waals surface area contributed by atoms with Crippen LogP contribution in [0.3, 0.4) is 0 Å². The molecule has 0 spiro atoms. The normalized spacial score (nSPS) is 11.9. The van der Waals surface area contributed by atoms with Crippen molar-refractivity contribution in [3.8, 4) is 11.4 Å². The molecule has 2 aromatic rings. The Morgan fingerprint density at radius 1 is 1.14 bits per heavy atom. The predicted molar refractivity (Wildman–Crippen MR) is 85.5 cm³/mol. The van der Waals surface area contributed by atoms with E-state index < -0.39 is 0 Å². The first-order chi connectivity index (χ1) is 9.89. The minimum Gasteiger partial charge on any atom is -0.339 e. The van der Waals surface area contributed by atoms with Crippen LogP contribution in [-0.2, 0) is 6.42 Å². The van der Waals surface area contributed by atoms with Crippen molar-refractivity contribution in [1.82, 2.24) is 10.1 Å². The maximum atomic E-state index is 5.98. The van der Waals surface area contributed by atoms with Crippen molar-refractivity contribution in [3.05, 3.63) is 34.1 Å². The van der Waals surface area contributed by atoms with Gasteiger partial charge in [-0.1, -0.05) is 42.2 Å². The monoisotopic (exact) mass is 327 g/mol. The van der Waals surface area contributed by atoms with Crippen molar-refractivity contribution in [2.45, 2.75) is 33.1 Å². The van der Waals surface area contributed by atoms with Gasteiger partial charge in [0.1, 0.15) is 0 Å². The summed E-state index contributed by atoms with van der Waals surface area (Å²) in [5, 5.41) is 5.09. The Labute approximate surface area is 134 Å². The summed E-state index contributed by atoms with van der Waals surface area (Å²) >= 11 is 12.0. The molecule has 0 atom stereocenters. The molecule has 114 valence electrons. The fourth-order valence-electron chi connectivity index (χ4n) is 2.12. The maximum absolute atomic E-state index is 5.98. The van der Waals surface area contributed by atoms with E-state index in [-0.39, 0.29) is 5.41 Å². The van der Waals surface area contributed by atoms with E-state index in [4.69, 9.17) is 33.5 Å². The van der Waals surface area contributed by atoms with Gasteiger partial charge in [-0.05, 0) is 43.0 Å². The third kappa shape index (κ3) is 4.70. The summed E-state index contributed by atoms with van der Waals surface area (Å²) in [7, 11) is 0. The fraction of sp³-hybridized carbons (Fsp3) is 0.467. The van der Waals surface area contributed by atoms with Crippen LogP contribution in [0, 0.1) is 5.41 Å². The van der Waals surface area contributed by atoms with Gasteiger partial charge in [-0.3, -0.25) is 0 Å². The first-order valence-electron chi connectivity index (χ1n) is 6.89. The van der Waals surface area contributed by atoms with Gasteiger partial charge in [0.25, 0.3) is 0 Å². The van der Waals surface area contributed by atoms with E-state index in [0.29, 0.717) is 28.3 Å². The highest BCUT2D eigenvalue weighted by molar-refractivity contribution is 6.35. The van der Waals surface area contributed by atoms with Gasteiger partial charge in [0, 0.05) is 22.0 Å². The number of hydrogen-bond donors (Lipinski definition) is 1. The van der Waals surface area contributed by atoms with E-state index in [2.05, 4.69) is 24.0 Å². The Bertz CT molecular complexity index is 590.